The number of hydrogen-bond donors (Lipinski definition) is 0. The lowest BCUT2D eigenvalue weighted by atomic mass is 10.1. The van der Waals surface area contributed by atoms with E-state index in [1.807, 2.05) is 6.20 Å². The van der Waals surface area contributed by atoms with Gasteiger partial charge in [0.15, 0.2) is 0 Å². The maximum atomic E-state index is 5.81. The smallest absolute Gasteiger partial charge is 0.128 e. The molecule has 2 aliphatic rings. The summed E-state index contributed by atoms with van der Waals surface area (Å²) in [5.74, 6) is 1.64. The molecule has 3 heterocycles. The SMILES string of the molecule is CC1CN2CCCC2CN1c1ccc(CCl)cn1. The lowest BCUT2D eigenvalue weighted by molar-refractivity contribution is 0.202. The van der Waals surface area contributed by atoms with Crippen molar-refractivity contribution in [3.05, 3.63) is 23.9 Å². The number of alkyl halides is 1. The number of hydrogen-bond acceptors (Lipinski definition) is 3. The van der Waals surface area contributed by atoms with Crippen LogP contribution in [-0.2, 0) is 5.88 Å². The molecule has 3 nitrogen and oxygen atoms in total. The molecule has 2 fully saturated rings. The molecule has 0 N–H and O–H groups in total. The highest BCUT2D eigenvalue weighted by molar-refractivity contribution is 6.17. The maximum absolute atomic E-state index is 5.81. The standard InChI is InChI=1S/C14H20ClN3/c1-11-9-17-6-2-3-13(17)10-18(11)14-5-4-12(7-15)8-16-14/h4-5,8,11,13H,2-3,6-7,9-10H2,1H3. The van der Waals surface area contributed by atoms with Crippen LogP contribution in [0.2, 0.25) is 0 Å². The van der Waals surface area contributed by atoms with Gasteiger partial charge in [-0.1, -0.05) is 6.07 Å². The van der Waals surface area contributed by atoms with Gasteiger partial charge in [0.05, 0.1) is 0 Å². The summed E-state index contributed by atoms with van der Waals surface area (Å²) in [6.07, 6.45) is 4.59. The second-order valence-corrected chi connectivity index (χ2v) is 5.72. The van der Waals surface area contributed by atoms with Crippen LogP contribution in [0.1, 0.15) is 25.3 Å². The Hall–Kier alpha value is -0.800. The maximum Gasteiger partial charge on any atom is 0.128 e. The van der Waals surface area contributed by atoms with Crippen LogP contribution in [0.25, 0.3) is 0 Å². The van der Waals surface area contributed by atoms with Crippen molar-refractivity contribution >= 4 is 17.4 Å². The van der Waals surface area contributed by atoms with E-state index in [2.05, 4.69) is 33.8 Å². The van der Waals surface area contributed by atoms with Gasteiger partial charge in [0.25, 0.3) is 0 Å². The van der Waals surface area contributed by atoms with Crippen molar-refractivity contribution in [3.8, 4) is 0 Å². The Kier molecular flexibility index (Phi) is 3.44. The fraction of sp³-hybridized carbons (Fsp3) is 0.643. The Balaban J connectivity index is 1.77. The van der Waals surface area contributed by atoms with Crippen LogP contribution in [0.5, 0.6) is 0 Å². The van der Waals surface area contributed by atoms with E-state index < -0.39 is 0 Å². The molecule has 0 saturated carbocycles. The highest BCUT2D eigenvalue weighted by Crippen LogP contribution is 2.27. The third kappa shape index (κ3) is 2.21. The zero-order valence-corrected chi connectivity index (χ0v) is 11.6. The van der Waals surface area contributed by atoms with Gasteiger partial charge in [0.2, 0.25) is 0 Å². The van der Waals surface area contributed by atoms with Gasteiger partial charge in [-0.05, 0) is 37.9 Å². The van der Waals surface area contributed by atoms with E-state index in [4.69, 9.17) is 11.6 Å². The number of nitrogens with zero attached hydrogens (tertiary/aromatic N) is 3. The Morgan fingerprint density at radius 1 is 1.39 bits per heavy atom. The van der Waals surface area contributed by atoms with E-state index in [0.29, 0.717) is 11.9 Å². The van der Waals surface area contributed by atoms with E-state index in [1.54, 1.807) is 0 Å². The van der Waals surface area contributed by atoms with Gasteiger partial charge in [0, 0.05) is 37.3 Å². The predicted octanol–water partition coefficient (Wildman–Crippen LogP) is 2.49. The van der Waals surface area contributed by atoms with Crippen molar-refractivity contribution in [3.63, 3.8) is 0 Å². The van der Waals surface area contributed by atoms with E-state index in [9.17, 15) is 0 Å². The number of fused-ring (bicyclic) bond motifs is 1. The molecule has 1 aromatic rings. The molecule has 0 spiro atoms. The molecular weight excluding hydrogens is 246 g/mol. The summed E-state index contributed by atoms with van der Waals surface area (Å²) >= 11 is 5.81. The van der Waals surface area contributed by atoms with Crippen LogP contribution in [0, 0.1) is 0 Å². The molecule has 0 aliphatic carbocycles. The lowest BCUT2D eigenvalue weighted by Crippen LogP contribution is -2.55. The van der Waals surface area contributed by atoms with Crippen LogP contribution in [0.3, 0.4) is 0 Å². The average molecular weight is 266 g/mol. The number of pyridine rings is 1. The summed E-state index contributed by atoms with van der Waals surface area (Å²) in [7, 11) is 0. The van der Waals surface area contributed by atoms with Crippen LogP contribution >= 0.6 is 11.6 Å². The number of piperazine rings is 1. The summed E-state index contributed by atoms with van der Waals surface area (Å²) in [4.78, 5) is 9.64. The van der Waals surface area contributed by atoms with Crippen molar-refractivity contribution in [2.75, 3.05) is 24.5 Å². The van der Waals surface area contributed by atoms with E-state index >= 15 is 0 Å². The number of rotatable bonds is 2. The Bertz CT molecular complexity index is 406. The first-order valence-electron chi connectivity index (χ1n) is 6.79. The summed E-state index contributed by atoms with van der Waals surface area (Å²) in [6.45, 7) is 5.87. The highest BCUT2D eigenvalue weighted by Gasteiger charge is 2.34. The Morgan fingerprint density at radius 3 is 3.00 bits per heavy atom. The van der Waals surface area contributed by atoms with Crippen molar-refractivity contribution < 1.29 is 0 Å². The molecule has 2 unspecified atom stereocenters. The first kappa shape index (κ1) is 12.2. The van der Waals surface area contributed by atoms with E-state index in [0.717, 1.165) is 24.0 Å². The van der Waals surface area contributed by atoms with Gasteiger partial charge < -0.3 is 4.90 Å². The van der Waals surface area contributed by atoms with Gasteiger partial charge >= 0.3 is 0 Å². The van der Waals surface area contributed by atoms with Gasteiger partial charge in [-0.15, -0.1) is 11.6 Å². The molecule has 4 heteroatoms. The summed E-state index contributed by atoms with van der Waals surface area (Å²) < 4.78 is 0. The quantitative estimate of drug-likeness (QED) is 0.766. The normalized spacial score (nSPS) is 28.4. The van der Waals surface area contributed by atoms with Crippen molar-refractivity contribution in [1.29, 1.82) is 0 Å². The molecule has 0 aromatic carbocycles. The average Bonchev–Trinajstić information content (AvgIpc) is 2.85. The third-order valence-electron chi connectivity index (χ3n) is 4.20. The number of anilines is 1. The van der Waals surface area contributed by atoms with Crippen LogP contribution < -0.4 is 4.90 Å². The zero-order valence-electron chi connectivity index (χ0n) is 10.8. The molecule has 2 aliphatic heterocycles. The van der Waals surface area contributed by atoms with Crippen LogP contribution in [-0.4, -0.2) is 41.6 Å². The fourth-order valence-electron chi connectivity index (χ4n) is 3.17. The van der Waals surface area contributed by atoms with Crippen molar-refractivity contribution in [2.45, 2.75) is 37.7 Å². The molecule has 2 atom stereocenters. The summed E-state index contributed by atoms with van der Waals surface area (Å²) in [6, 6.07) is 5.48. The van der Waals surface area contributed by atoms with Crippen molar-refractivity contribution in [1.82, 2.24) is 9.88 Å². The minimum atomic E-state index is 0.541. The summed E-state index contributed by atoms with van der Waals surface area (Å²) in [5.41, 5.74) is 1.09. The highest BCUT2D eigenvalue weighted by atomic mass is 35.5. The minimum absolute atomic E-state index is 0.541. The summed E-state index contributed by atoms with van der Waals surface area (Å²) in [5, 5.41) is 0. The first-order valence-corrected chi connectivity index (χ1v) is 7.33. The van der Waals surface area contributed by atoms with Gasteiger partial charge in [-0.3, -0.25) is 4.90 Å². The lowest BCUT2D eigenvalue weighted by Gasteiger charge is -2.43. The van der Waals surface area contributed by atoms with Gasteiger partial charge in [-0.25, -0.2) is 4.98 Å². The molecule has 3 rings (SSSR count). The third-order valence-corrected chi connectivity index (χ3v) is 4.50. The second kappa shape index (κ2) is 5.06. The zero-order chi connectivity index (χ0) is 12.5. The molecular formula is C14H20ClN3. The molecule has 0 radical (unpaired) electrons. The Morgan fingerprint density at radius 2 is 2.28 bits per heavy atom. The van der Waals surface area contributed by atoms with Gasteiger partial charge in [-0.2, -0.15) is 0 Å². The van der Waals surface area contributed by atoms with Crippen LogP contribution in [0.4, 0.5) is 5.82 Å². The van der Waals surface area contributed by atoms with Crippen LogP contribution in [0.15, 0.2) is 18.3 Å². The first-order chi connectivity index (χ1) is 8.78. The fourth-order valence-corrected chi connectivity index (χ4v) is 3.33. The van der Waals surface area contributed by atoms with Crippen molar-refractivity contribution in [2.24, 2.45) is 0 Å². The Labute approximate surface area is 114 Å². The molecule has 0 bridgehead atoms. The molecule has 18 heavy (non-hydrogen) atoms. The predicted molar refractivity (Wildman–Crippen MR) is 75.2 cm³/mol. The topological polar surface area (TPSA) is 19.4 Å². The van der Waals surface area contributed by atoms with E-state index in [-0.39, 0.29) is 0 Å². The molecule has 0 amide bonds. The van der Waals surface area contributed by atoms with Gasteiger partial charge in [0.1, 0.15) is 5.82 Å². The second-order valence-electron chi connectivity index (χ2n) is 5.45. The largest absolute Gasteiger partial charge is 0.351 e. The molecule has 2 saturated heterocycles. The number of halogens is 1. The number of aromatic nitrogens is 1. The molecule has 1 aromatic heterocycles. The monoisotopic (exact) mass is 265 g/mol. The van der Waals surface area contributed by atoms with E-state index in [1.165, 1.54) is 25.9 Å². The molecule has 98 valence electrons. The minimum Gasteiger partial charge on any atom is -0.351 e.